The van der Waals surface area contributed by atoms with Crippen molar-refractivity contribution in [3.63, 3.8) is 0 Å². The number of hydrogen-bond acceptors (Lipinski definition) is 2. The molecule has 3 nitrogen and oxygen atoms in total. The Kier molecular flexibility index (Phi) is 6.81. The third-order valence-electron chi connectivity index (χ3n) is 3.31. The van der Waals surface area contributed by atoms with Crippen molar-refractivity contribution in [2.75, 3.05) is 6.54 Å². The van der Waals surface area contributed by atoms with Gasteiger partial charge < -0.3 is 10.2 Å². The molecule has 5 heteroatoms. The molecule has 122 valence electrons. The summed E-state index contributed by atoms with van der Waals surface area (Å²) in [5, 5.41) is 4.83. The van der Waals surface area contributed by atoms with Crippen LogP contribution in [0.25, 0.3) is 0 Å². The van der Waals surface area contributed by atoms with E-state index in [4.69, 9.17) is 23.8 Å². The van der Waals surface area contributed by atoms with Crippen LogP contribution < -0.4 is 5.32 Å². The van der Waals surface area contributed by atoms with Gasteiger partial charge in [-0.2, -0.15) is 0 Å². The van der Waals surface area contributed by atoms with Crippen molar-refractivity contribution in [2.24, 2.45) is 5.92 Å². The molecule has 0 radical (unpaired) electrons. The second-order valence-electron chi connectivity index (χ2n) is 5.88. The van der Waals surface area contributed by atoms with Gasteiger partial charge in [-0.15, -0.1) is 0 Å². The van der Waals surface area contributed by atoms with Gasteiger partial charge in [-0.05, 0) is 48.0 Å². The Morgan fingerprint density at radius 2 is 1.91 bits per heavy atom. The van der Waals surface area contributed by atoms with Gasteiger partial charge in [-0.3, -0.25) is 4.98 Å². The van der Waals surface area contributed by atoms with E-state index in [1.807, 2.05) is 42.5 Å². The van der Waals surface area contributed by atoms with Crippen molar-refractivity contribution in [1.82, 2.24) is 15.2 Å². The van der Waals surface area contributed by atoms with Crippen LogP contribution in [0.4, 0.5) is 0 Å². The van der Waals surface area contributed by atoms with Gasteiger partial charge in [0.2, 0.25) is 0 Å². The number of thiocarbonyl (C=S) groups is 1. The van der Waals surface area contributed by atoms with E-state index in [1.54, 1.807) is 6.20 Å². The Morgan fingerprint density at radius 3 is 2.52 bits per heavy atom. The second-order valence-corrected chi connectivity index (χ2v) is 6.71. The van der Waals surface area contributed by atoms with Crippen molar-refractivity contribution in [3.8, 4) is 0 Å². The van der Waals surface area contributed by atoms with E-state index in [-0.39, 0.29) is 0 Å². The Morgan fingerprint density at radius 1 is 1.17 bits per heavy atom. The smallest absolute Gasteiger partial charge is 0.169 e. The van der Waals surface area contributed by atoms with Gasteiger partial charge in [0.05, 0.1) is 12.2 Å². The van der Waals surface area contributed by atoms with Crippen LogP contribution in [0.5, 0.6) is 0 Å². The van der Waals surface area contributed by atoms with Crippen LogP contribution in [0.1, 0.15) is 25.1 Å². The first kappa shape index (κ1) is 17.7. The van der Waals surface area contributed by atoms with Crippen LogP contribution in [0.2, 0.25) is 5.02 Å². The van der Waals surface area contributed by atoms with Crippen LogP contribution >= 0.6 is 23.8 Å². The van der Waals surface area contributed by atoms with E-state index in [1.165, 1.54) is 5.56 Å². The molecule has 0 amide bonds. The molecule has 2 rings (SSSR count). The number of benzene rings is 1. The van der Waals surface area contributed by atoms with Crippen molar-refractivity contribution in [1.29, 1.82) is 0 Å². The molecule has 0 aliphatic heterocycles. The van der Waals surface area contributed by atoms with Crippen LogP contribution in [0, 0.1) is 5.92 Å². The maximum atomic E-state index is 5.96. The van der Waals surface area contributed by atoms with E-state index in [0.717, 1.165) is 28.9 Å². The zero-order chi connectivity index (χ0) is 16.7. The fraction of sp³-hybridized carbons (Fsp3) is 0.333. The summed E-state index contributed by atoms with van der Waals surface area (Å²) in [5.74, 6) is 0.542. The molecular weight excluding hydrogens is 326 g/mol. The van der Waals surface area contributed by atoms with Gasteiger partial charge in [-0.25, -0.2) is 0 Å². The van der Waals surface area contributed by atoms with Gasteiger partial charge >= 0.3 is 0 Å². The van der Waals surface area contributed by atoms with E-state index in [2.05, 4.69) is 29.0 Å². The predicted octanol–water partition coefficient (Wildman–Crippen LogP) is 4.27. The van der Waals surface area contributed by atoms with Gasteiger partial charge in [0.1, 0.15) is 0 Å². The highest BCUT2D eigenvalue weighted by atomic mass is 35.5. The first-order chi connectivity index (χ1) is 11.0. The highest BCUT2D eigenvalue weighted by molar-refractivity contribution is 7.80. The third kappa shape index (κ3) is 6.16. The fourth-order valence-corrected chi connectivity index (χ4v) is 2.44. The lowest BCUT2D eigenvalue weighted by molar-refractivity contribution is 0.390. The average Bonchev–Trinajstić information content (AvgIpc) is 2.55. The quantitative estimate of drug-likeness (QED) is 0.790. The third-order valence-corrected chi connectivity index (χ3v) is 3.97. The number of hydrogen-bond donors (Lipinski definition) is 1. The summed E-state index contributed by atoms with van der Waals surface area (Å²) in [6.45, 7) is 6.58. The molecule has 0 atom stereocenters. The summed E-state index contributed by atoms with van der Waals surface area (Å²) in [6, 6.07) is 13.8. The van der Waals surface area contributed by atoms with Crippen molar-refractivity contribution >= 4 is 28.9 Å². The number of nitrogens with one attached hydrogen (secondary N) is 1. The first-order valence-corrected chi connectivity index (χ1v) is 8.50. The molecular formula is C18H22ClN3S. The molecule has 0 fully saturated rings. The van der Waals surface area contributed by atoms with Gasteiger partial charge in [-0.1, -0.05) is 43.6 Å². The Balaban J connectivity index is 2.09. The van der Waals surface area contributed by atoms with Gasteiger partial charge in [0.25, 0.3) is 0 Å². The Hall–Kier alpha value is -1.65. The topological polar surface area (TPSA) is 28.2 Å². The number of rotatable bonds is 6. The largest absolute Gasteiger partial charge is 0.362 e. The van der Waals surface area contributed by atoms with Crippen molar-refractivity contribution in [3.05, 3.63) is 64.9 Å². The summed E-state index contributed by atoms with van der Waals surface area (Å²) < 4.78 is 0. The lowest BCUT2D eigenvalue weighted by Gasteiger charge is -2.26. The van der Waals surface area contributed by atoms with Crippen molar-refractivity contribution < 1.29 is 0 Å². The Bertz CT molecular complexity index is 614. The highest BCUT2D eigenvalue weighted by Gasteiger charge is 2.12. The highest BCUT2D eigenvalue weighted by Crippen LogP contribution is 2.13. The average molecular weight is 348 g/mol. The lowest BCUT2D eigenvalue weighted by Crippen LogP contribution is -2.40. The van der Waals surface area contributed by atoms with E-state index >= 15 is 0 Å². The molecule has 0 saturated carbocycles. The SMILES string of the molecule is CC(C)CNC(=S)N(Cc1ccc(Cl)cc1)Cc1ccccn1. The normalized spacial score (nSPS) is 10.6. The summed E-state index contributed by atoms with van der Waals surface area (Å²) in [7, 11) is 0. The number of aromatic nitrogens is 1. The molecule has 1 heterocycles. The summed E-state index contributed by atoms with van der Waals surface area (Å²) in [5.41, 5.74) is 2.16. The molecule has 0 bridgehead atoms. The maximum Gasteiger partial charge on any atom is 0.169 e. The minimum Gasteiger partial charge on any atom is -0.362 e. The minimum absolute atomic E-state index is 0.542. The minimum atomic E-state index is 0.542. The van der Waals surface area contributed by atoms with Crippen LogP contribution in [-0.2, 0) is 13.1 Å². The summed E-state index contributed by atoms with van der Waals surface area (Å²) in [4.78, 5) is 6.53. The van der Waals surface area contributed by atoms with Crippen LogP contribution in [0.15, 0.2) is 48.7 Å². The van der Waals surface area contributed by atoms with Gasteiger partial charge in [0.15, 0.2) is 5.11 Å². The lowest BCUT2D eigenvalue weighted by atomic mass is 10.2. The first-order valence-electron chi connectivity index (χ1n) is 7.71. The molecule has 1 N–H and O–H groups in total. The predicted molar refractivity (Wildman–Crippen MR) is 100 cm³/mol. The van der Waals surface area contributed by atoms with Crippen LogP contribution in [-0.4, -0.2) is 21.5 Å². The number of halogens is 1. The summed E-state index contributed by atoms with van der Waals surface area (Å²) >= 11 is 11.5. The Labute approximate surface area is 148 Å². The molecule has 0 unspecified atom stereocenters. The molecule has 0 spiro atoms. The fourth-order valence-electron chi connectivity index (χ4n) is 2.10. The number of pyridine rings is 1. The van der Waals surface area contributed by atoms with Crippen LogP contribution in [0.3, 0.4) is 0 Å². The molecule has 1 aromatic carbocycles. The number of nitrogens with zero attached hydrogens (tertiary/aromatic N) is 2. The monoisotopic (exact) mass is 347 g/mol. The second kappa shape index (κ2) is 8.85. The van der Waals surface area contributed by atoms with Crippen molar-refractivity contribution in [2.45, 2.75) is 26.9 Å². The molecule has 2 aromatic rings. The standard InChI is InChI=1S/C18H22ClN3S/c1-14(2)11-21-18(23)22(13-17-5-3-4-10-20-17)12-15-6-8-16(19)9-7-15/h3-10,14H,11-13H2,1-2H3,(H,21,23). The molecule has 0 aliphatic rings. The molecule has 1 aromatic heterocycles. The van der Waals surface area contributed by atoms with E-state index in [9.17, 15) is 0 Å². The maximum absolute atomic E-state index is 5.96. The zero-order valence-corrected chi connectivity index (χ0v) is 15.1. The van der Waals surface area contributed by atoms with Gasteiger partial charge in [0, 0.05) is 24.3 Å². The molecule has 23 heavy (non-hydrogen) atoms. The van der Waals surface area contributed by atoms with E-state index < -0.39 is 0 Å². The summed E-state index contributed by atoms with van der Waals surface area (Å²) in [6.07, 6.45) is 1.81. The van der Waals surface area contributed by atoms with E-state index in [0.29, 0.717) is 12.5 Å². The molecule has 0 aliphatic carbocycles. The molecule has 0 saturated heterocycles. The zero-order valence-electron chi connectivity index (χ0n) is 13.5.